The molecule has 0 aliphatic heterocycles. The highest BCUT2D eigenvalue weighted by Crippen LogP contribution is 2.23. The van der Waals surface area contributed by atoms with Crippen molar-refractivity contribution in [2.45, 2.75) is 24.3 Å². The SMILES string of the molecule is CC(C)(CO)NS(=O)(=O)c1cccc2cnccc12. The van der Waals surface area contributed by atoms with Gasteiger partial charge >= 0.3 is 0 Å². The van der Waals surface area contributed by atoms with Crippen molar-refractivity contribution in [1.82, 2.24) is 9.71 Å². The van der Waals surface area contributed by atoms with Crippen LogP contribution in [-0.2, 0) is 10.0 Å². The minimum Gasteiger partial charge on any atom is -0.394 e. The number of benzene rings is 1. The molecule has 102 valence electrons. The Morgan fingerprint density at radius 1 is 1.32 bits per heavy atom. The lowest BCUT2D eigenvalue weighted by Gasteiger charge is -2.23. The third-order valence-electron chi connectivity index (χ3n) is 2.74. The smallest absolute Gasteiger partial charge is 0.241 e. The standard InChI is InChI=1S/C13H16N2O3S/c1-13(2,9-16)15-19(17,18)12-5-3-4-10-8-14-7-6-11(10)12/h3-8,15-16H,9H2,1-2H3. The van der Waals surface area contributed by atoms with E-state index in [0.29, 0.717) is 5.39 Å². The van der Waals surface area contributed by atoms with Crippen LogP contribution in [0.15, 0.2) is 41.6 Å². The number of aromatic nitrogens is 1. The average Bonchev–Trinajstić information content (AvgIpc) is 2.37. The van der Waals surface area contributed by atoms with E-state index in [0.717, 1.165) is 5.39 Å². The van der Waals surface area contributed by atoms with Gasteiger partial charge in [0.1, 0.15) is 0 Å². The summed E-state index contributed by atoms with van der Waals surface area (Å²) in [5.41, 5.74) is -0.909. The zero-order valence-electron chi connectivity index (χ0n) is 10.8. The summed E-state index contributed by atoms with van der Waals surface area (Å²) in [5.74, 6) is 0. The topological polar surface area (TPSA) is 79.3 Å². The van der Waals surface area contributed by atoms with Crippen LogP contribution in [-0.4, -0.2) is 30.7 Å². The van der Waals surface area contributed by atoms with Gasteiger partial charge in [-0.3, -0.25) is 4.98 Å². The van der Waals surface area contributed by atoms with Gasteiger partial charge in [0.15, 0.2) is 0 Å². The van der Waals surface area contributed by atoms with Gasteiger partial charge in [-0.2, -0.15) is 0 Å². The lowest BCUT2D eigenvalue weighted by molar-refractivity contribution is 0.208. The van der Waals surface area contributed by atoms with Crippen LogP contribution in [0.3, 0.4) is 0 Å². The van der Waals surface area contributed by atoms with Crippen molar-refractivity contribution < 1.29 is 13.5 Å². The number of sulfonamides is 1. The predicted octanol–water partition coefficient (Wildman–Crippen LogP) is 1.28. The number of nitrogens with one attached hydrogen (secondary N) is 1. The van der Waals surface area contributed by atoms with E-state index in [4.69, 9.17) is 0 Å². The largest absolute Gasteiger partial charge is 0.394 e. The summed E-state index contributed by atoms with van der Waals surface area (Å²) in [6, 6.07) is 6.68. The van der Waals surface area contributed by atoms with Gasteiger partial charge in [0, 0.05) is 23.2 Å². The Kier molecular flexibility index (Phi) is 3.58. The quantitative estimate of drug-likeness (QED) is 0.884. The molecule has 0 aliphatic rings. The molecule has 1 aromatic heterocycles. The first-order valence-corrected chi connectivity index (χ1v) is 7.32. The van der Waals surface area contributed by atoms with Crippen LogP contribution < -0.4 is 4.72 Å². The monoisotopic (exact) mass is 280 g/mol. The molecule has 2 rings (SSSR count). The molecule has 5 nitrogen and oxygen atoms in total. The van der Waals surface area contributed by atoms with Gasteiger partial charge in [-0.15, -0.1) is 0 Å². The number of rotatable bonds is 4. The van der Waals surface area contributed by atoms with Crippen molar-refractivity contribution in [3.63, 3.8) is 0 Å². The number of fused-ring (bicyclic) bond motifs is 1. The summed E-state index contributed by atoms with van der Waals surface area (Å²) in [5, 5.41) is 10.5. The Balaban J connectivity index is 2.55. The summed E-state index contributed by atoms with van der Waals surface area (Å²) >= 11 is 0. The van der Waals surface area contributed by atoms with Crippen molar-refractivity contribution in [1.29, 1.82) is 0 Å². The Morgan fingerprint density at radius 2 is 2.05 bits per heavy atom. The van der Waals surface area contributed by atoms with E-state index in [-0.39, 0.29) is 11.5 Å². The highest BCUT2D eigenvalue weighted by atomic mass is 32.2. The lowest BCUT2D eigenvalue weighted by atomic mass is 10.1. The van der Waals surface area contributed by atoms with E-state index in [9.17, 15) is 13.5 Å². The molecule has 0 aliphatic carbocycles. The van der Waals surface area contributed by atoms with Crippen molar-refractivity contribution in [2.24, 2.45) is 0 Å². The van der Waals surface area contributed by atoms with Crippen LogP contribution in [0.5, 0.6) is 0 Å². The fourth-order valence-corrected chi connectivity index (χ4v) is 3.41. The molecule has 0 unspecified atom stereocenters. The second kappa shape index (κ2) is 4.88. The van der Waals surface area contributed by atoms with Gasteiger partial charge in [-0.25, -0.2) is 13.1 Å². The van der Waals surface area contributed by atoms with Crippen molar-refractivity contribution in [3.8, 4) is 0 Å². The number of aliphatic hydroxyl groups is 1. The van der Waals surface area contributed by atoms with Crippen molar-refractivity contribution in [3.05, 3.63) is 36.7 Å². The van der Waals surface area contributed by atoms with Crippen LogP contribution in [0.1, 0.15) is 13.8 Å². The number of nitrogens with zero attached hydrogens (tertiary/aromatic N) is 1. The zero-order chi connectivity index (χ0) is 14.1. The minimum atomic E-state index is -3.69. The minimum absolute atomic E-state index is 0.189. The molecule has 0 amide bonds. The fraction of sp³-hybridized carbons (Fsp3) is 0.308. The molecular weight excluding hydrogens is 264 g/mol. The van der Waals surface area contributed by atoms with E-state index < -0.39 is 15.6 Å². The van der Waals surface area contributed by atoms with Gasteiger partial charge < -0.3 is 5.11 Å². The third-order valence-corrected chi connectivity index (χ3v) is 4.49. The number of hydrogen-bond acceptors (Lipinski definition) is 4. The normalized spacial score (nSPS) is 12.8. The molecule has 1 heterocycles. The Labute approximate surface area is 112 Å². The highest BCUT2D eigenvalue weighted by molar-refractivity contribution is 7.89. The lowest BCUT2D eigenvalue weighted by Crippen LogP contribution is -2.46. The number of pyridine rings is 1. The molecule has 0 fully saturated rings. The molecule has 0 atom stereocenters. The van der Waals surface area contributed by atoms with Gasteiger partial charge in [-0.05, 0) is 26.0 Å². The molecular formula is C13H16N2O3S. The molecule has 19 heavy (non-hydrogen) atoms. The predicted molar refractivity (Wildman–Crippen MR) is 73.2 cm³/mol. The maximum Gasteiger partial charge on any atom is 0.241 e. The van der Waals surface area contributed by atoms with Gasteiger partial charge in [0.2, 0.25) is 10.0 Å². The van der Waals surface area contributed by atoms with Crippen LogP contribution in [0.2, 0.25) is 0 Å². The first kappa shape index (κ1) is 13.9. The average molecular weight is 280 g/mol. The van der Waals surface area contributed by atoms with Crippen LogP contribution in [0, 0.1) is 0 Å². The van der Waals surface area contributed by atoms with E-state index in [1.807, 2.05) is 0 Å². The zero-order valence-corrected chi connectivity index (χ0v) is 11.6. The maximum atomic E-state index is 12.4. The first-order valence-electron chi connectivity index (χ1n) is 5.83. The molecule has 0 saturated carbocycles. The highest BCUT2D eigenvalue weighted by Gasteiger charge is 2.26. The maximum absolute atomic E-state index is 12.4. The summed E-state index contributed by atoms with van der Waals surface area (Å²) in [4.78, 5) is 4.16. The van der Waals surface area contributed by atoms with E-state index >= 15 is 0 Å². The molecule has 0 bridgehead atoms. The Morgan fingerprint density at radius 3 is 2.74 bits per heavy atom. The van der Waals surface area contributed by atoms with E-state index in [1.165, 1.54) is 6.07 Å². The first-order chi connectivity index (χ1) is 8.86. The van der Waals surface area contributed by atoms with Crippen LogP contribution in [0.25, 0.3) is 10.8 Å². The summed E-state index contributed by atoms with van der Waals surface area (Å²) in [7, 11) is -3.69. The fourth-order valence-electron chi connectivity index (χ4n) is 1.78. The van der Waals surface area contributed by atoms with E-state index in [1.54, 1.807) is 44.4 Å². The molecule has 0 saturated heterocycles. The summed E-state index contributed by atoms with van der Waals surface area (Å²) in [6.07, 6.45) is 3.17. The van der Waals surface area contributed by atoms with E-state index in [2.05, 4.69) is 9.71 Å². The second-order valence-corrected chi connectivity index (χ2v) is 6.65. The Bertz CT molecular complexity index is 691. The summed E-state index contributed by atoms with van der Waals surface area (Å²) < 4.78 is 27.2. The molecule has 2 N–H and O–H groups in total. The van der Waals surface area contributed by atoms with Gasteiger partial charge in [0.25, 0.3) is 0 Å². The Hall–Kier alpha value is -1.50. The van der Waals surface area contributed by atoms with Crippen LogP contribution in [0.4, 0.5) is 0 Å². The van der Waals surface area contributed by atoms with Crippen molar-refractivity contribution in [2.75, 3.05) is 6.61 Å². The van der Waals surface area contributed by atoms with Gasteiger partial charge in [0.05, 0.1) is 17.0 Å². The summed E-state index contributed by atoms with van der Waals surface area (Å²) in [6.45, 7) is 2.97. The molecule has 6 heteroatoms. The molecule has 0 spiro atoms. The number of hydrogen-bond donors (Lipinski definition) is 2. The molecule has 0 radical (unpaired) electrons. The van der Waals surface area contributed by atoms with Crippen molar-refractivity contribution >= 4 is 20.8 Å². The molecule has 2 aromatic rings. The number of aliphatic hydroxyl groups excluding tert-OH is 1. The second-order valence-electron chi connectivity index (χ2n) is 5.00. The molecule has 1 aromatic carbocycles. The van der Waals surface area contributed by atoms with Gasteiger partial charge in [-0.1, -0.05) is 12.1 Å². The van der Waals surface area contributed by atoms with Crippen LogP contribution >= 0.6 is 0 Å². The third kappa shape index (κ3) is 2.91.